The van der Waals surface area contributed by atoms with Crippen LogP contribution in [0.3, 0.4) is 0 Å². The van der Waals surface area contributed by atoms with Gasteiger partial charge in [-0.3, -0.25) is 4.31 Å². The fourth-order valence-corrected chi connectivity index (χ4v) is 3.61. The van der Waals surface area contributed by atoms with Gasteiger partial charge in [-0.1, -0.05) is 23.7 Å². The Kier molecular flexibility index (Phi) is 4.82. The van der Waals surface area contributed by atoms with E-state index < -0.39 is 22.4 Å². The predicted octanol–water partition coefficient (Wildman–Crippen LogP) is 2.67. The van der Waals surface area contributed by atoms with E-state index in [9.17, 15) is 12.8 Å². The molecule has 0 aliphatic heterocycles. The van der Waals surface area contributed by atoms with E-state index in [1.807, 2.05) is 0 Å². The molecule has 0 aromatic heterocycles. The number of anilines is 1. The number of halogens is 2. The van der Waals surface area contributed by atoms with Gasteiger partial charge < -0.3 is 5.11 Å². The second kappa shape index (κ2) is 6.43. The number of rotatable bonds is 5. The summed E-state index contributed by atoms with van der Waals surface area (Å²) < 4.78 is 39.5. The second-order valence-corrected chi connectivity index (χ2v) is 6.54. The van der Waals surface area contributed by atoms with E-state index in [2.05, 4.69) is 0 Å². The predicted molar refractivity (Wildman–Crippen MR) is 79.5 cm³/mol. The van der Waals surface area contributed by atoms with Crippen LogP contribution in [0.4, 0.5) is 10.1 Å². The summed E-state index contributed by atoms with van der Waals surface area (Å²) in [4.78, 5) is -0.0206. The smallest absolute Gasteiger partial charge is 0.264 e. The summed E-state index contributed by atoms with van der Waals surface area (Å²) in [5.74, 6) is -0.559. The zero-order valence-electron chi connectivity index (χ0n) is 10.9. The van der Waals surface area contributed by atoms with Gasteiger partial charge in [0.2, 0.25) is 0 Å². The molecule has 0 unspecified atom stereocenters. The van der Waals surface area contributed by atoms with Crippen LogP contribution < -0.4 is 4.31 Å². The number of sulfonamides is 1. The van der Waals surface area contributed by atoms with Crippen LogP contribution in [0.25, 0.3) is 0 Å². The maximum atomic E-state index is 13.3. The normalized spacial score (nSPS) is 11.4. The van der Waals surface area contributed by atoms with Crippen molar-refractivity contribution in [2.75, 3.05) is 17.5 Å². The van der Waals surface area contributed by atoms with Crippen LogP contribution in [0.1, 0.15) is 0 Å². The fraction of sp³-hybridized carbons (Fsp3) is 0.143. The highest BCUT2D eigenvalue weighted by molar-refractivity contribution is 7.92. The maximum absolute atomic E-state index is 13.3. The molecule has 7 heteroatoms. The van der Waals surface area contributed by atoms with Crippen molar-refractivity contribution < 1.29 is 17.9 Å². The first-order valence-corrected chi connectivity index (χ1v) is 7.91. The Morgan fingerprint density at radius 3 is 2.48 bits per heavy atom. The first-order chi connectivity index (χ1) is 9.95. The zero-order chi connectivity index (χ0) is 15.5. The lowest BCUT2D eigenvalue weighted by molar-refractivity contribution is 0.306. The third-order valence-corrected chi connectivity index (χ3v) is 4.84. The highest BCUT2D eigenvalue weighted by Crippen LogP contribution is 2.25. The molecule has 21 heavy (non-hydrogen) atoms. The molecule has 0 atom stereocenters. The summed E-state index contributed by atoms with van der Waals surface area (Å²) in [6, 6.07) is 10.9. The van der Waals surface area contributed by atoms with Gasteiger partial charge in [0.1, 0.15) is 5.82 Å². The Morgan fingerprint density at radius 1 is 1.14 bits per heavy atom. The van der Waals surface area contributed by atoms with E-state index in [1.165, 1.54) is 36.4 Å². The van der Waals surface area contributed by atoms with Crippen molar-refractivity contribution in [3.05, 3.63) is 59.4 Å². The third-order valence-electron chi connectivity index (χ3n) is 2.78. The largest absolute Gasteiger partial charge is 0.394 e. The average Bonchev–Trinajstić information content (AvgIpc) is 2.44. The maximum Gasteiger partial charge on any atom is 0.264 e. The number of hydrogen-bond acceptors (Lipinski definition) is 3. The molecular weight excluding hydrogens is 317 g/mol. The van der Waals surface area contributed by atoms with Crippen LogP contribution in [0, 0.1) is 5.82 Å². The van der Waals surface area contributed by atoms with Crippen molar-refractivity contribution in [1.29, 1.82) is 0 Å². The molecule has 2 aromatic carbocycles. The van der Waals surface area contributed by atoms with Gasteiger partial charge in [-0.15, -0.1) is 0 Å². The molecule has 0 aliphatic rings. The SMILES string of the molecule is O=S(=O)(c1cccc(Cl)c1)N(CCO)c1cccc(F)c1. The molecular formula is C14H13ClFNO3S. The van der Waals surface area contributed by atoms with E-state index in [4.69, 9.17) is 16.7 Å². The van der Waals surface area contributed by atoms with Gasteiger partial charge in [0.05, 0.1) is 23.7 Å². The van der Waals surface area contributed by atoms with Crippen molar-refractivity contribution in [2.24, 2.45) is 0 Å². The highest BCUT2D eigenvalue weighted by atomic mass is 35.5. The molecule has 4 nitrogen and oxygen atoms in total. The molecule has 1 N–H and O–H groups in total. The molecule has 0 bridgehead atoms. The Bertz CT molecular complexity index is 737. The summed E-state index contributed by atoms with van der Waals surface area (Å²) in [5.41, 5.74) is 0.143. The number of aliphatic hydroxyl groups excluding tert-OH is 1. The minimum atomic E-state index is -3.93. The van der Waals surface area contributed by atoms with E-state index >= 15 is 0 Å². The summed E-state index contributed by atoms with van der Waals surface area (Å²) in [6.07, 6.45) is 0. The van der Waals surface area contributed by atoms with E-state index in [-0.39, 0.29) is 22.2 Å². The number of benzene rings is 2. The topological polar surface area (TPSA) is 57.6 Å². The highest BCUT2D eigenvalue weighted by Gasteiger charge is 2.25. The molecule has 0 amide bonds. The van der Waals surface area contributed by atoms with Gasteiger partial charge in [-0.25, -0.2) is 12.8 Å². The van der Waals surface area contributed by atoms with Crippen LogP contribution >= 0.6 is 11.6 Å². The van der Waals surface area contributed by atoms with Crippen molar-refractivity contribution in [3.63, 3.8) is 0 Å². The minimum Gasteiger partial charge on any atom is -0.394 e. The van der Waals surface area contributed by atoms with Gasteiger partial charge in [-0.2, -0.15) is 0 Å². The number of aliphatic hydroxyl groups is 1. The Labute approximate surface area is 127 Å². The van der Waals surface area contributed by atoms with Gasteiger partial charge >= 0.3 is 0 Å². The fourth-order valence-electron chi connectivity index (χ4n) is 1.86. The second-order valence-electron chi connectivity index (χ2n) is 4.24. The van der Waals surface area contributed by atoms with Crippen molar-refractivity contribution >= 4 is 27.3 Å². The van der Waals surface area contributed by atoms with Gasteiger partial charge in [0, 0.05) is 5.02 Å². The summed E-state index contributed by atoms with van der Waals surface area (Å²) >= 11 is 5.81. The average molecular weight is 330 g/mol. The molecule has 0 saturated heterocycles. The van der Waals surface area contributed by atoms with Crippen molar-refractivity contribution in [3.8, 4) is 0 Å². The van der Waals surface area contributed by atoms with Gasteiger partial charge in [0.25, 0.3) is 10.0 Å². The Hall–Kier alpha value is -1.63. The van der Waals surface area contributed by atoms with Gasteiger partial charge in [-0.05, 0) is 36.4 Å². The zero-order valence-corrected chi connectivity index (χ0v) is 12.5. The summed E-state index contributed by atoms with van der Waals surface area (Å²) in [6.45, 7) is -0.575. The summed E-state index contributed by atoms with van der Waals surface area (Å²) in [5, 5.41) is 9.38. The number of hydrogen-bond donors (Lipinski definition) is 1. The molecule has 0 saturated carbocycles. The van der Waals surface area contributed by atoms with E-state index in [0.717, 1.165) is 10.4 Å². The Balaban J connectivity index is 2.51. The number of nitrogens with zero attached hydrogens (tertiary/aromatic N) is 1. The molecule has 0 radical (unpaired) electrons. The minimum absolute atomic E-state index is 0.0206. The summed E-state index contributed by atoms with van der Waals surface area (Å²) in [7, 11) is -3.93. The van der Waals surface area contributed by atoms with Crippen LogP contribution in [-0.2, 0) is 10.0 Å². The lowest BCUT2D eigenvalue weighted by atomic mass is 10.3. The van der Waals surface area contributed by atoms with E-state index in [1.54, 1.807) is 6.07 Å². The van der Waals surface area contributed by atoms with Crippen LogP contribution in [0.15, 0.2) is 53.4 Å². The van der Waals surface area contributed by atoms with Crippen molar-refractivity contribution in [2.45, 2.75) is 4.90 Å². The van der Waals surface area contributed by atoms with Crippen LogP contribution in [-0.4, -0.2) is 26.7 Å². The lowest BCUT2D eigenvalue weighted by Crippen LogP contribution is -2.33. The quantitative estimate of drug-likeness (QED) is 0.917. The molecule has 2 rings (SSSR count). The van der Waals surface area contributed by atoms with Crippen LogP contribution in [0.2, 0.25) is 5.02 Å². The first kappa shape index (κ1) is 15.8. The van der Waals surface area contributed by atoms with Gasteiger partial charge in [0.15, 0.2) is 0 Å². The molecule has 0 fully saturated rings. The van der Waals surface area contributed by atoms with E-state index in [0.29, 0.717) is 0 Å². The first-order valence-electron chi connectivity index (χ1n) is 6.10. The molecule has 0 spiro atoms. The molecule has 2 aromatic rings. The Morgan fingerprint density at radius 2 is 1.86 bits per heavy atom. The standard InChI is InChI=1S/C14H13ClFNO3S/c15-11-3-1-6-14(9-11)21(19,20)17(7-8-18)13-5-2-4-12(16)10-13/h1-6,9-10,18H,7-8H2. The monoisotopic (exact) mass is 329 g/mol. The lowest BCUT2D eigenvalue weighted by Gasteiger charge is -2.23. The molecule has 112 valence electrons. The molecule has 0 heterocycles. The van der Waals surface area contributed by atoms with Crippen molar-refractivity contribution in [1.82, 2.24) is 0 Å². The van der Waals surface area contributed by atoms with Crippen LogP contribution in [0.5, 0.6) is 0 Å². The third kappa shape index (κ3) is 3.53. The molecule has 0 aliphatic carbocycles.